The van der Waals surface area contributed by atoms with Crippen molar-refractivity contribution < 1.29 is 23.9 Å². The van der Waals surface area contributed by atoms with Crippen LogP contribution in [0.25, 0.3) is 0 Å². The Morgan fingerprint density at radius 2 is 1.62 bits per heavy atom. The summed E-state index contributed by atoms with van der Waals surface area (Å²) in [6, 6.07) is 10.6. The Balaban J connectivity index is 1.19. The molecule has 7 rings (SSSR count). The summed E-state index contributed by atoms with van der Waals surface area (Å²) in [7, 11) is 0. The lowest BCUT2D eigenvalue weighted by atomic mass is 9.63. The van der Waals surface area contributed by atoms with Gasteiger partial charge in [0.25, 0.3) is 0 Å². The number of benzene rings is 2. The van der Waals surface area contributed by atoms with Crippen LogP contribution in [0, 0.1) is 35.5 Å². The molecule has 2 saturated carbocycles. The lowest BCUT2D eigenvalue weighted by Gasteiger charge is -2.37. The zero-order valence-electron chi connectivity index (χ0n) is 17.8. The molecule has 1 saturated heterocycles. The van der Waals surface area contributed by atoms with Gasteiger partial charge in [0.05, 0.1) is 28.1 Å². The van der Waals surface area contributed by atoms with Crippen LogP contribution in [0.5, 0.6) is 0 Å². The van der Waals surface area contributed by atoms with E-state index in [0.717, 1.165) is 6.42 Å². The fourth-order valence-corrected chi connectivity index (χ4v) is 6.51. The fraction of sp³-hybridized carbons (Fsp3) is 0.308. The number of amides is 2. The standard InChI is InChI=1S/C26H19Cl2NO5/c27-13-4-5-17(20(28)9-13)21(30)11-34-26(33)12-2-1-3-14(8-12)29-24(31)22-15-6-7-16(19-10-18(15)19)23(22)25(29)32/h1-9,15-16,18-19,22-23H,10-11H2. The number of ether oxygens (including phenoxy) is 1. The predicted molar refractivity (Wildman–Crippen MR) is 125 cm³/mol. The first kappa shape index (κ1) is 21.6. The zero-order chi connectivity index (χ0) is 23.7. The van der Waals surface area contributed by atoms with Crippen molar-refractivity contribution in [2.45, 2.75) is 6.42 Å². The average molecular weight is 496 g/mol. The number of anilines is 1. The monoisotopic (exact) mass is 495 g/mol. The second-order valence-electron chi connectivity index (χ2n) is 9.34. The van der Waals surface area contributed by atoms with Crippen molar-refractivity contribution in [2.75, 3.05) is 11.5 Å². The summed E-state index contributed by atoms with van der Waals surface area (Å²) >= 11 is 11.9. The van der Waals surface area contributed by atoms with Crippen molar-refractivity contribution in [3.05, 3.63) is 75.8 Å². The Bertz CT molecular complexity index is 1270. The quantitative estimate of drug-likeness (QED) is 0.262. The topological polar surface area (TPSA) is 80.8 Å². The van der Waals surface area contributed by atoms with Crippen LogP contribution in [0.15, 0.2) is 54.6 Å². The van der Waals surface area contributed by atoms with Gasteiger partial charge < -0.3 is 4.74 Å². The highest BCUT2D eigenvalue weighted by Gasteiger charge is 2.67. The predicted octanol–water partition coefficient (Wildman–Crippen LogP) is 4.59. The molecule has 6 nitrogen and oxygen atoms in total. The number of carbonyl (C=O) groups excluding carboxylic acids is 4. The highest BCUT2D eigenvalue weighted by Crippen LogP contribution is 2.65. The molecule has 1 heterocycles. The minimum Gasteiger partial charge on any atom is -0.454 e. The lowest BCUT2D eigenvalue weighted by Crippen LogP contribution is -2.40. The van der Waals surface area contributed by atoms with Crippen molar-refractivity contribution in [2.24, 2.45) is 35.5 Å². The Hall–Kier alpha value is -2.96. The molecular formula is C26H19Cl2NO5. The summed E-state index contributed by atoms with van der Waals surface area (Å²) in [5.74, 6) is -0.952. The van der Waals surface area contributed by atoms with Gasteiger partial charge in [-0.15, -0.1) is 0 Å². The molecule has 5 aliphatic rings. The number of Topliss-reactive ketones (excluding diaryl/α,β-unsaturated/α-hetero) is 1. The smallest absolute Gasteiger partial charge is 0.338 e. The van der Waals surface area contributed by atoms with Crippen LogP contribution in [0.2, 0.25) is 10.0 Å². The molecule has 3 fully saturated rings. The second-order valence-corrected chi connectivity index (χ2v) is 10.2. The number of allylic oxidation sites excluding steroid dienone is 2. The van der Waals surface area contributed by atoms with Crippen LogP contribution in [0.4, 0.5) is 5.69 Å². The van der Waals surface area contributed by atoms with Crippen LogP contribution < -0.4 is 4.90 Å². The summed E-state index contributed by atoms with van der Waals surface area (Å²) in [5.41, 5.74) is 0.690. The zero-order valence-corrected chi connectivity index (χ0v) is 19.3. The van der Waals surface area contributed by atoms with Gasteiger partial charge in [-0.25, -0.2) is 9.69 Å². The summed E-state index contributed by atoms with van der Waals surface area (Å²) in [5, 5.41) is 0.561. The summed E-state index contributed by atoms with van der Waals surface area (Å²) in [6.45, 7) is -0.506. The molecule has 6 atom stereocenters. The van der Waals surface area contributed by atoms with Crippen LogP contribution in [0.3, 0.4) is 0 Å². The molecule has 172 valence electrons. The molecule has 0 spiro atoms. The highest BCUT2D eigenvalue weighted by atomic mass is 35.5. The van der Waals surface area contributed by atoms with Gasteiger partial charge in [0, 0.05) is 10.6 Å². The maximum Gasteiger partial charge on any atom is 0.338 e. The third-order valence-electron chi connectivity index (χ3n) is 7.57. The van der Waals surface area contributed by atoms with E-state index in [1.54, 1.807) is 12.1 Å². The summed E-state index contributed by atoms with van der Waals surface area (Å²) in [4.78, 5) is 52.9. The van der Waals surface area contributed by atoms with Crippen LogP contribution in [-0.4, -0.2) is 30.2 Å². The molecule has 1 aliphatic heterocycles. The molecule has 34 heavy (non-hydrogen) atoms. The maximum atomic E-state index is 13.3. The molecule has 4 aliphatic carbocycles. The van der Waals surface area contributed by atoms with E-state index < -0.39 is 18.4 Å². The third kappa shape index (κ3) is 3.23. The largest absolute Gasteiger partial charge is 0.454 e. The molecule has 2 aromatic rings. The number of ketones is 1. The SMILES string of the molecule is O=C(OCC(=O)c1ccc(Cl)cc1Cl)c1cccc(N2C(=O)C3C4C=CC(C5CC45)C3C2=O)c1. The van der Waals surface area contributed by atoms with Gasteiger partial charge >= 0.3 is 5.97 Å². The molecule has 2 bridgehead atoms. The van der Waals surface area contributed by atoms with Gasteiger partial charge in [-0.3, -0.25) is 14.4 Å². The van der Waals surface area contributed by atoms with Crippen molar-refractivity contribution in [3.63, 3.8) is 0 Å². The van der Waals surface area contributed by atoms with E-state index in [1.807, 2.05) is 0 Å². The molecule has 2 aromatic carbocycles. The van der Waals surface area contributed by atoms with Gasteiger partial charge in [-0.2, -0.15) is 0 Å². The van der Waals surface area contributed by atoms with Gasteiger partial charge in [-0.1, -0.05) is 41.4 Å². The number of imide groups is 1. The third-order valence-corrected chi connectivity index (χ3v) is 8.12. The fourth-order valence-electron chi connectivity index (χ4n) is 5.99. The van der Waals surface area contributed by atoms with Crippen molar-refractivity contribution >= 4 is 52.5 Å². The summed E-state index contributed by atoms with van der Waals surface area (Å²) in [6.07, 6.45) is 5.33. The molecule has 8 heteroatoms. The van der Waals surface area contributed by atoms with E-state index in [1.165, 1.54) is 35.2 Å². The van der Waals surface area contributed by atoms with Crippen molar-refractivity contribution in [1.82, 2.24) is 0 Å². The number of halogens is 2. The van der Waals surface area contributed by atoms with Gasteiger partial charge in [0.1, 0.15) is 0 Å². The van der Waals surface area contributed by atoms with E-state index in [0.29, 0.717) is 22.5 Å². The normalized spacial score (nSPS) is 30.2. The molecule has 0 aromatic heterocycles. The van der Waals surface area contributed by atoms with Crippen LogP contribution in [-0.2, 0) is 14.3 Å². The first-order chi connectivity index (χ1) is 16.3. The molecule has 0 radical (unpaired) electrons. The Kier molecular flexibility index (Phi) is 4.94. The molecule has 6 unspecified atom stereocenters. The maximum absolute atomic E-state index is 13.3. The Morgan fingerprint density at radius 3 is 2.26 bits per heavy atom. The number of rotatable bonds is 5. The number of hydrogen-bond acceptors (Lipinski definition) is 5. The first-order valence-electron chi connectivity index (χ1n) is 11.2. The molecule has 0 N–H and O–H groups in total. The van der Waals surface area contributed by atoms with E-state index >= 15 is 0 Å². The molecule has 2 amide bonds. The lowest BCUT2D eigenvalue weighted by molar-refractivity contribution is -0.124. The number of nitrogens with zero attached hydrogens (tertiary/aromatic N) is 1. The minimum atomic E-state index is -0.736. The second kappa shape index (κ2) is 7.79. The van der Waals surface area contributed by atoms with E-state index in [2.05, 4.69) is 12.2 Å². The van der Waals surface area contributed by atoms with E-state index in [-0.39, 0.29) is 51.6 Å². The van der Waals surface area contributed by atoms with Crippen LogP contribution in [0.1, 0.15) is 27.1 Å². The van der Waals surface area contributed by atoms with Gasteiger partial charge in [-0.05, 0) is 66.5 Å². The Labute approximate surface area is 205 Å². The van der Waals surface area contributed by atoms with Crippen LogP contribution >= 0.6 is 23.2 Å². The number of hydrogen-bond donors (Lipinski definition) is 0. The van der Waals surface area contributed by atoms with E-state index in [4.69, 9.17) is 27.9 Å². The van der Waals surface area contributed by atoms with E-state index in [9.17, 15) is 19.2 Å². The average Bonchev–Trinajstić information content (AvgIpc) is 3.60. The van der Waals surface area contributed by atoms with Crippen molar-refractivity contribution in [1.29, 1.82) is 0 Å². The summed E-state index contributed by atoms with van der Waals surface area (Å²) < 4.78 is 5.18. The number of esters is 1. The Morgan fingerprint density at radius 1 is 0.941 bits per heavy atom. The number of carbonyl (C=O) groups is 4. The van der Waals surface area contributed by atoms with Crippen molar-refractivity contribution in [3.8, 4) is 0 Å². The minimum absolute atomic E-state index is 0.125. The highest BCUT2D eigenvalue weighted by molar-refractivity contribution is 6.36. The first-order valence-corrected chi connectivity index (χ1v) is 11.9. The van der Waals surface area contributed by atoms with Gasteiger partial charge in [0.15, 0.2) is 6.61 Å². The molecular weight excluding hydrogens is 477 g/mol. The van der Waals surface area contributed by atoms with Gasteiger partial charge in [0.2, 0.25) is 17.6 Å².